The third-order valence-electron chi connectivity index (χ3n) is 5.32. The largest absolute Gasteiger partial charge is 0.494 e. The van der Waals surface area contributed by atoms with E-state index in [-0.39, 0.29) is 11.5 Å². The molecule has 8 heteroatoms. The van der Waals surface area contributed by atoms with E-state index >= 15 is 0 Å². The summed E-state index contributed by atoms with van der Waals surface area (Å²) in [6.07, 6.45) is 8.46. The van der Waals surface area contributed by atoms with Crippen LogP contribution in [0.3, 0.4) is 0 Å². The summed E-state index contributed by atoms with van der Waals surface area (Å²) < 4.78 is 21.8. The van der Waals surface area contributed by atoms with Crippen LogP contribution in [-0.4, -0.2) is 32.2 Å². The van der Waals surface area contributed by atoms with E-state index < -0.39 is 5.82 Å². The van der Waals surface area contributed by atoms with E-state index in [4.69, 9.17) is 4.74 Å². The molecule has 32 heavy (non-hydrogen) atoms. The number of fused-ring (bicyclic) bond motifs is 1. The molecule has 3 aromatic heterocycles. The van der Waals surface area contributed by atoms with Crippen LogP contribution in [0.1, 0.15) is 40.5 Å². The Morgan fingerprint density at radius 3 is 2.62 bits per heavy atom. The number of Topliss-reactive ketones (excluding diaryl/α,β-unsaturated/α-hetero) is 1. The van der Waals surface area contributed by atoms with Gasteiger partial charge in [-0.1, -0.05) is 6.92 Å². The van der Waals surface area contributed by atoms with Gasteiger partial charge in [0.2, 0.25) is 5.95 Å². The maximum atomic E-state index is 14.7. The second-order valence-corrected chi connectivity index (χ2v) is 7.51. The van der Waals surface area contributed by atoms with Crippen LogP contribution in [0.2, 0.25) is 0 Å². The third-order valence-corrected chi connectivity index (χ3v) is 5.32. The quantitative estimate of drug-likeness (QED) is 0.406. The lowest BCUT2D eigenvalue weighted by atomic mass is 10.00. The minimum absolute atomic E-state index is 0.0491. The Balaban J connectivity index is 1.45. The second kappa shape index (κ2) is 9.13. The standard InChI is InChI=1S/C24H24FN5O2/c1-4-20(31)18-9-17(23(25)21(10-18)32-3)6-5-16-13-27-24(28-14-16)29-19-7-8-30-15(2)12-26-22(30)11-19/h7-14H,4-6H2,1-3H3,(H,27,28,29). The van der Waals surface area contributed by atoms with Crippen LogP contribution < -0.4 is 10.1 Å². The lowest BCUT2D eigenvalue weighted by molar-refractivity contribution is 0.0987. The van der Waals surface area contributed by atoms with Gasteiger partial charge in [-0.15, -0.1) is 0 Å². The van der Waals surface area contributed by atoms with Gasteiger partial charge in [-0.05, 0) is 49.1 Å². The highest BCUT2D eigenvalue weighted by Gasteiger charge is 2.15. The van der Waals surface area contributed by atoms with Gasteiger partial charge in [0.1, 0.15) is 5.65 Å². The molecule has 4 rings (SSSR count). The second-order valence-electron chi connectivity index (χ2n) is 7.51. The van der Waals surface area contributed by atoms with Crippen molar-refractivity contribution < 1.29 is 13.9 Å². The first-order chi connectivity index (χ1) is 15.5. The van der Waals surface area contributed by atoms with E-state index in [9.17, 15) is 9.18 Å². The number of benzene rings is 1. The molecule has 4 aromatic rings. The van der Waals surface area contributed by atoms with Crippen molar-refractivity contribution in [3.05, 3.63) is 77.3 Å². The fraction of sp³-hybridized carbons (Fsp3) is 0.250. The summed E-state index contributed by atoms with van der Waals surface area (Å²) in [6.45, 7) is 3.77. The number of carbonyl (C=O) groups excluding carboxylic acids is 1. The SMILES string of the molecule is CCC(=O)c1cc(CCc2cnc(Nc3ccn4c(C)cnc4c3)nc2)c(F)c(OC)c1. The van der Waals surface area contributed by atoms with E-state index in [2.05, 4.69) is 20.3 Å². The molecule has 3 heterocycles. The van der Waals surface area contributed by atoms with Crippen molar-refractivity contribution in [2.75, 3.05) is 12.4 Å². The van der Waals surface area contributed by atoms with Gasteiger partial charge in [0, 0.05) is 54.2 Å². The molecule has 0 fully saturated rings. The maximum Gasteiger partial charge on any atom is 0.227 e. The number of ether oxygens (including phenoxy) is 1. The molecular weight excluding hydrogens is 409 g/mol. The van der Waals surface area contributed by atoms with E-state index in [0.29, 0.717) is 36.3 Å². The van der Waals surface area contributed by atoms with Crippen molar-refractivity contribution in [2.24, 2.45) is 0 Å². The number of rotatable bonds is 8. The number of hydrogen-bond donors (Lipinski definition) is 1. The van der Waals surface area contributed by atoms with Crippen LogP contribution in [0.25, 0.3) is 5.65 Å². The van der Waals surface area contributed by atoms with Crippen molar-refractivity contribution >= 4 is 23.1 Å². The molecule has 0 spiro atoms. The highest BCUT2D eigenvalue weighted by Crippen LogP contribution is 2.25. The van der Waals surface area contributed by atoms with Crippen molar-refractivity contribution in [3.63, 3.8) is 0 Å². The molecule has 164 valence electrons. The highest BCUT2D eigenvalue weighted by molar-refractivity contribution is 5.96. The summed E-state index contributed by atoms with van der Waals surface area (Å²) in [4.78, 5) is 25.2. The summed E-state index contributed by atoms with van der Waals surface area (Å²) in [5.41, 5.74) is 4.49. The van der Waals surface area contributed by atoms with Crippen LogP contribution in [0.5, 0.6) is 5.75 Å². The number of nitrogens with zero attached hydrogens (tertiary/aromatic N) is 4. The van der Waals surface area contributed by atoms with Gasteiger partial charge in [0.15, 0.2) is 17.3 Å². The summed E-state index contributed by atoms with van der Waals surface area (Å²) in [7, 11) is 1.40. The molecule has 0 saturated carbocycles. The van der Waals surface area contributed by atoms with Gasteiger partial charge in [-0.3, -0.25) is 4.79 Å². The zero-order valence-corrected chi connectivity index (χ0v) is 18.2. The number of pyridine rings is 1. The minimum Gasteiger partial charge on any atom is -0.494 e. The topological polar surface area (TPSA) is 81.4 Å². The van der Waals surface area contributed by atoms with Gasteiger partial charge in [-0.2, -0.15) is 0 Å². The zero-order valence-electron chi connectivity index (χ0n) is 18.2. The smallest absolute Gasteiger partial charge is 0.227 e. The van der Waals surface area contributed by atoms with E-state index in [1.54, 1.807) is 25.4 Å². The molecule has 0 atom stereocenters. The van der Waals surface area contributed by atoms with E-state index in [1.807, 2.05) is 35.9 Å². The molecule has 0 bridgehead atoms. The molecule has 1 aromatic carbocycles. The minimum atomic E-state index is -0.441. The Hall–Kier alpha value is -3.81. The molecule has 0 aliphatic rings. The number of imidazole rings is 1. The number of anilines is 2. The predicted molar refractivity (Wildman–Crippen MR) is 120 cm³/mol. The molecule has 0 unspecified atom stereocenters. The lowest BCUT2D eigenvalue weighted by Gasteiger charge is -2.11. The highest BCUT2D eigenvalue weighted by atomic mass is 19.1. The first-order valence-electron chi connectivity index (χ1n) is 10.4. The summed E-state index contributed by atoms with van der Waals surface area (Å²) in [5, 5.41) is 3.17. The normalized spacial score (nSPS) is 11.0. The first-order valence-corrected chi connectivity index (χ1v) is 10.4. The van der Waals surface area contributed by atoms with Crippen molar-refractivity contribution in [1.29, 1.82) is 0 Å². The Morgan fingerprint density at radius 2 is 1.91 bits per heavy atom. The molecule has 0 radical (unpaired) electrons. The maximum absolute atomic E-state index is 14.7. The number of halogens is 1. The van der Waals surface area contributed by atoms with Crippen LogP contribution >= 0.6 is 0 Å². The Labute approximate surface area is 185 Å². The van der Waals surface area contributed by atoms with Crippen LogP contribution in [-0.2, 0) is 12.8 Å². The molecule has 0 saturated heterocycles. The lowest BCUT2D eigenvalue weighted by Crippen LogP contribution is -2.05. The van der Waals surface area contributed by atoms with Crippen LogP contribution in [0.4, 0.5) is 16.0 Å². The van der Waals surface area contributed by atoms with E-state index in [0.717, 1.165) is 22.6 Å². The van der Waals surface area contributed by atoms with Crippen molar-refractivity contribution in [1.82, 2.24) is 19.4 Å². The zero-order chi connectivity index (χ0) is 22.7. The van der Waals surface area contributed by atoms with Crippen molar-refractivity contribution in [3.8, 4) is 5.75 Å². The molecule has 7 nitrogen and oxygen atoms in total. The Bertz CT molecular complexity index is 1270. The molecule has 0 aliphatic heterocycles. The third kappa shape index (κ3) is 4.44. The predicted octanol–water partition coefficient (Wildman–Crippen LogP) is 4.70. The van der Waals surface area contributed by atoms with E-state index in [1.165, 1.54) is 13.2 Å². The van der Waals surface area contributed by atoms with Crippen molar-refractivity contribution in [2.45, 2.75) is 33.1 Å². The number of nitrogens with one attached hydrogen (secondary N) is 1. The Morgan fingerprint density at radius 1 is 1.12 bits per heavy atom. The van der Waals surface area contributed by atoms with Gasteiger partial charge in [0.25, 0.3) is 0 Å². The molecular formula is C24H24FN5O2. The number of aryl methyl sites for hydroxylation is 3. The first kappa shape index (κ1) is 21.4. The average Bonchev–Trinajstić information content (AvgIpc) is 3.18. The molecule has 1 N–H and O–H groups in total. The summed E-state index contributed by atoms with van der Waals surface area (Å²) >= 11 is 0. The number of aromatic nitrogens is 4. The van der Waals surface area contributed by atoms with Crippen LogP contribution in [0.15, 0.2) is 49.1 Å². The van der Waals surface area contributed by atoms with Crippen LogP contribution in [0, 0.1) is 12.7 Å². The van der Waals surface area contributed by atoms with Gasteiger partial charge in [-0.25, -0.2) is 19.3 Å². The number of hydrogen-bond acceptors (Lipinski definition) is 6. The molecule has 0 aliphatic carbocycles. The summed E-state index contributed by atoms with van der Waals surface area (Å²) in [5.74, 6) is 0.0560. The molecule has 0 amide bonds. The fourth-order valence-corrected chi connectivity index (χ4v) is 3.49. The van der Waals surface area contributed by atoms with Gasteiger partial charge in [0.05, 0.1) is 7.11 Å². The number of ketones is 1. The van der Waals surface area contributed by atoms with Gasteiger partial charge < -0.3 is 14.5 Å². The average molecular weight is 433 g/mol. The monoisotopic (exact) mass is 433 g/mol. The summed E-state index contributed by atoms with van der Waals surface area (Å²) in [6, 6.07) is 6.91. The Kier molecular flexibility index (Phi) is 6.11. The van der Waals surface area contributed by atoms with Gasteiger partial charge >= 0.3 is 0 Å². The number of methoxy groups -OCH3 is 1. The number of carbonyl (C=O) groups is 1. The fourth-order valence-electron chi connectivity index (χ4n) is 3.49.